The molecule has 0 atom stereocenters. The number of nitrogens with zero attached hydrogens (tertiary/aromatic N) is 1. The minimum atomic E-state index is -0.614. The number of hydrogen-bond acceptors (Lipinski definition) is 6. The van der Waals surface area contributed by atoms with Crippen molar-refractivity contribution < 1.29 is 28.5 Å². The van der Waals surface area contributed by atoms with Gasteiger partial charge in [-0.2, -0.15) is 0 Å². The maximum atomic E-state index is 12.8. The summed E-state index contributed by atoms with van der Waals surface area (Å²) in [5.74, 6) is 1.47. The van der Waals surface area contributed by atoms with Crippen LogP contribution < -0.4 is 14.2 Å². The Bertz CT molecular complexity index is 721. The van der Waals surface area contributed by atoms with Gasteiger partial charge in [0.25, 0.3) is 0 Å². The van der Waals surface area contributed by atoms with Gasteiger partial charge in [0, 0.05) is 38.1 Å². The fourth-order valence-electron chi connectivity index (χ4n) is 3.45. The van der Waals surface area contributed by atoms with Crippen LogP contribution in [0.25, 0.3) is 0 Å². The van der Waals surface area contributed by atoms with Crippen LogP contribution in [-0.4, -0.2) is 56.3 Å². The molecule has 1 aromatic rings. The van der Waals surface area contributed by atoms with Gasteiger partial charge in [-0.1, -0.05) is 12.7 Å². The number of carbonyl (C=O) groups excluding carboxylic acids is 2. The van der Waals surface area contributed by atoms with Crippen molar-refractivity contribution in [2.75, 3.05) is 33.9 Å². The summed E-state index contributed by atoms with van der Waals surface area (Å²) in [4.78, 5) is 26.4. The lowest BCUT2D eigenvalue weighted by molar-refractivity contribution is -0.00850. The molecule has 7 heteroatoms. The predicted octanol–water partition coefficient (Wildman–Crippen LogP) is 2.83. The second-order valence-electron chi connectivity index (χ2n) is 6.44. The lowest BCUT2D eigenvalue weighted by atomic mass is 9.82. The lowest BCUT2D eigenvalue weighted by Crippen LogP contribution is -2.52. The zero-order valence-electron chi connectivity index (χ0n) is 15.1. The number of benzene rings is 1. The number of likely N-dealkylation sites (tertiary alicyclic amines) is 1. The SMILES string of the molecule is C=CCOC(=O)N1CCC2(CC1)CC(=O)c1c(OC)cc(OC)cc1O2. The highest BCUT2D eigenvalue weighted by molar-refractivity contribution is 6.03. The molecule has 3 rings (SSSR count). The Morgan fingerprint density at radius 3 is 2.65 bits per heavy atom. The third-order valence-corrected chi connectivity index (χ3v) is 4.84. The minimum absolute atomic E-state index is 0.0200. The fraction of sp³-hybridized carbons (Fsp3) is 0.474. The largest absolute Gasteiger partial charge is 0.496 e. The Kier molecular flexibility index (Phi) is 5.06. The summed E-state index contributed by atoms with van der Waals surface area (Å²) >= 11 is 0. The van der Waals surface area contributed by atoms with Crippen LogP contribution >= 0.6 is 0 Å². The third kappa shape index (κ3) is 3.34. The molecule has 1 fully saturated rings. The van der Waals surface area contributed by atoms with Gasteiger partial charge in [-0.05, 0) is 0 Å². The van der Waals surface area contributed by atoms with Crippen LogP contribution in [0.15, 0.2) is 24.8 Å². The Morgan fingerprint density at radius 1 is 1.31 bits per heavy atom. The molecule has 1 aromatic carbocycles. The van der Waals surface area contributed by atoms with E-state index in [4.69, 9.17) is 18.9 Å². The van der Waals surface area contributed by atoms with Gasteiger partial charge in [0.1, 0.15) is 35.0 Å². The summed E-state index contributed by atoms with van der Waals surface area (Å²) in [5, 5.41) is 0. The molecule has 2 aliphatic rings. The Balaban J connectivity index is 1.78. The molecule has 0 aliphatic carbocycles. The Labute approximate surface area is 152 Å². The first kappa shape index (κ1) is 18.1. The first-order chi connectivity index (χ1) is 12.5. The van der Waals surface area contributed by atoms with Crippen molar-refractivity contribution in [3.8, 4) is 17.2 Å². The number of carbonyl (C=O) groups is 2. The molecule has 7 nitrogen and oxygen atoms in total. The summed E-state index contributed by atoms with van der Waals surface area (Å²) in [5.41, 5.74) is -0.164. The molecule has 1 saturated heterocycles. The van der Waals surface area contributed by atoms with Crippen molar-refractivity contribution in [1.82, 2.24) is 4.90 Å². The quantitative estimate of drug-likeness (QED) is 0.768. The topological polar surface area (TPSA) is 74.3 Å². The van der Waals surface area contributed by atoms with Crippen LogP contribution in [0.1, 0.15) is 29.6 Å². The van der Waals surface area contributed by atoms with E-state index in [1.165, 1.54) is 13.2 Å². The summed E-state index contributed by atoms with van der Waals surface area (Å²) < 4.78 is 21.9. The summed E-state index contributed by atoms with van der Waals surface area (Å²) in [6, 6.07) is 3.39. The second-order valence-corrected chi connectivity index (χ2v) is 6.44. The second kappa shape index (κ2) is 7.27. The molecule has 0 radical (unpaired) electrons. The molecule has 1 spiro atoms. The number of ketones is 1. The molecule has 0 N–H and O–H groups in total. The number of methoxy groups -OCH3 is 2. The van der Waals surface area contributed by atoms with E-state index in [1.54, 1.807) is 24.1 Å². The van der Waals surface area contributed by atoms with Gasteiger partial charge in [0.2, 0.25) is 0 Å². The van der Waals surface area contributed by atoms with E-state index in [9.17, 15) is 9.59 Å². The molecule has 0 aromatic heterocycles. The highest BCUT2D eigenvalue weighted by Gasteiger charge is 2.45. The maximum Gasteiger partial charge on any atom is 0.410 e. The number of rotatable bonds is 4. The first-order valence-electron chi connectivity index (χ1n) is 8.53. The van der Waals surface area contributed by atoms with Gasteiger partial charge < -0.3 is 23.8 Å². The van der Waals surface area contributed by atoms with Crippen molar-refractivity contribution in [2.45, 2.75) is 24.9 Å². The number of amides is 1. The van der Waals surface area contributed by atoms with Crippen molar-refractivity contribution in [2.24, 2.45) is 0 Å². The van der Waals surface area contributed by atoms with E-state index in [0.29, 0.717) is 48.7 Å². The van der Waals surface area contributed by atoms with E-state index in [-0.39, 0.29) is 24.9 Å². The monoisotopic (exact) mass is 361 g/mol. The minimum Gasteiger partial charge on any atom is -0.496 e. The number of fused-ring (bicyclic) bond motifs is 1. The van der Waals surface area contributed by atoms with Crippen LogP contribution in [0.4, 0.5) is 4.79 Å². The molecule has 0 bridgehead atoms. The van der Waals surface area contributed by atoms with Gasteiger partial charge in [-0.25, -0.2) is 4.79 Å². The highest BCUT2D eigenvalue weighted by atomic mass is 16.6. The van der Waals surface area contributed by atoms with Crippen LogP contribution in [0, 0.1) is 0 Å². The summed E-state index contributed by atoms with van der Waals surface area (Å²) in [7, 11) is 3.06. The normalized spacial score (nSPS) is 17.9. The van der Waals surface area contributed by atoms with Crippen molar-refractivity contribution in [3.63, 3.8) is 0 Å². The Hall–Kier alpha value is -2.70. The van der Waals surface area contributed by atoms with Gasteiger partial charge in [0.15, 0.2) is 5.78 Å². The van der Waals surface area contributed by atoms with Crippen molar-refractivity contribution >= 4 is 11.9 Å². The van der Waals surface area contributed by atoms with Crippen LogP contribution in [0.2, 0.25) is 0 Å². The Morgan fingerprint density at radius 2 is 2.04 bits per heavy atom. The van der Waals surface area contributed by atoms with E-state index < -0.39 is 5.60 Å². The molecule has 0 saturated carbocycles. The highest BCUT2D eigenvalue weighted by Crippen LogP contribution is 2.44. The summed E-state index contributed by atoms with van der Waals surface area (Å²) in [6.07, 6.45) is 2.54. The van der Waals surface area contributed by atoms with Crippen LogP contribution in [0.5, 0.6) is 17.2 Å². The van der Waals surface area contributed by atoms with Crippen LogP contribution in [0.3, 0.4) is 0 Å². The third-order valence-electron chi connectivity index (χ3n) is 4.84. The van der Waals surface area contributed by atoms with Gasteiger partial charge in [-0.15, -0.1) is 0 Å². The van der Waals surface area contributed by atoms with E-state index >= 15 is 0 Å². The van der Waals surface area contributed by atoms with Crippen LogP contribution in [-0.2, 0) is 4.74 Å². The average Bonchev–Trinajstić information content (AvgIpc) is 2.65. The predicted molar refractivity (Wildman–Crippen MR) is 94.2 cm³/mol. The molecule has 0 unspecified atom stereocenters. The fourth-order valence-corrected chi connectivity index (χ4v) is 3.45. The van der Waals surface area contributed by atoms with Gasteiger partial charge >= 0.3 is 6.09 Å². The van der Waals surface area contributed by atoms with Gasteiger partial charge in [-0.3, -0.25) is 4.79 Å². The molecular weight excluding hydrogens is 338 g/mol. The molecule has 26 heavy (non-hydrogen) atoms. The molecule has 2 aliphatic heterocycles. The number of hydrogen-bond donors (Lipinski definition) is 0. The average molecular weight is 361 g/mol. The van der Waals surface area contributed by atoms with E-state index in [2.05, 4.69) is 6.58 Å². The molecule has 2 heterocycles. The summed E-state index contributed by atoms with van der Waals surface area (Å²) in [6.45, 7) is 4.66. The molecular formula is C19H23NO6. The first-order valence-corrected chi connectivity index (χ1v) is 8.53. The molecule has 140 valence electrons. The van der Waals surface area contributed by atoms with Gasteiger partial charge in [0.05, 0.1) is 20.6 Å². The van der Waals surface area contributed by atoms with E-state index in [1.807, 2.05) is 0 Å². The number of ether oxygens (including phenoxy) is 4. The van der Waals surface area contributed by atoms with Crippen molar-refractivity contribution in [3.05, 3.63) is 30.4 Å². The zero-order valence-corrected chi connectivity index (χ0v) is 15.1. The van der Waals surface area contributed by atoms with E-state index in [0.717, 1.165) is 0 Å². The maximum absolute atomic E-state index is 12.8. The van der Waals surface area contributed by atoms with Crippen molar-refractivity contribution in [1.29, 1.82) is 0 Å². The number of piperidine rings is 1. The lowest BCUT2D eigenvalue weighted by Gasteiger charge is -2.43. The zero-order chi connectivity index (χ0) is 18.7. The molecule has 1 amide bonds. The smallest absolute Gasteiger partial charge is 0.410 e. The number of Topliss-reactive ketones (excluding diaryl/α,β-unsaturated/α-hetero) is 1. The standard InChI is InChI=1S/C19H23NO6/c1-4-9-25-18(22)20-7-5-19(6-8-20)12-14(21)17-15(24-3)10-13(23-2)11-16(17)26-19/h4,10-11H,1,5-9,12H2,2-3H3.